The van der Waals surface area contributed by atoms with E-state index in [1.807, 2.05) is 13.0 Å². The number of carbonyl (C=O) groups excluding carboxylic acids is 1. The molecular weight excluding hydrogens is 366 g/mol. The molecule has 0 aromatic rings. The first-order valence-electron chi connectivity index (χ1n) is 10.1. The van der Waals surface area contributed by atoms with Crippen LogP contribution in [0.5, 0.6) is 0 Å². The summed E-state index contributed by atoms with van der Waals surface area (Å²) in [7, 11) is 1.59. The van der Waals surface area contributed by atoms with Crippen LogP contribution in [0.4, 0.5) is 0 Å². The third-order valence-electron chi connectivity index (χ3n) is 4.55. The monoisotopic (exact) mass is 403 g/mol. The molecule has 0 aromatic carbocycles. The molecule has 28 heavy (non-hydrogen) atoms. The lowest BCUT2D eigenvalue weighted by molar-refractivity contribution is -0.177. The van der Waals surface area contributed by atoms with Crippen LogP contribution in [0.2, 0.25) is 0 Å². The fraction of sp³-hybridized carbons (Fsp3) is 0.850. The van der Waals surface area contributed by atoms with E-state index in [4.69, 9.17) is 28.8 Å². The maximum atomic E-state index is 12.4. The molecule has 8 heteroatoms. The van der Waals surface area contributed by atoms with Gasteiger partial charge in [-0.1, -0.05) is 13.8 Å². The molecular formula is C20H37NO7. The van der Waals surface area contributed by atoms with Crippen LogP contribution in [0.25, 0.3) is 0 Å². The molecule has 1 aliphatic heterocycles. The van der Waals surface area contributed by atoms with Crippen LogP contribution in [0.15, 0.2) is 11.8 Å². The van der Waals surface area contributed by atoms with Crippen LogP contribution >= 0.6 is 0 Å². The van der Waals surface area contributed by atoms with Gasteiger partial charge in [0, 0.05) is 32.8 Å². The zero-order valence-electron chi connectivity index (χ0n) is 17.6. The summed E-state index contributed by atoms with van der Waals surface area (Å²) in [6.45, 7) is 9.36. The minimum Gasteiger partial charge on any atom is -0.459 e. The van der Waals surface area contributed by atoms with E-state index in [0.29, 0.717) is 57.9 Å². The zero-order valence-corrected chi connectivity index (χ0v) is 17.6. The molecule has 0 fully saturated rings. The van der Waals surface area contributed by atoms with Crippen molar-refractivity contribution in [2.24, 2.45) is 17.8 Å². The minimum atomic E-state index is -0.486. The second-order valence-electron chi connectivity index (χ2n) is 6.94. The van der Waals surface area contributed by atoms with E-state index >= 15 is 0 Å². The van der Waals surface area contributed by atoms with Crippen LogP contribution in [-0.4, -0.2) is 77.2 Å². The summed E-state index contributed by atoms with van der Waals surface area (Å²) in [6.07, 6.45) is 2.18. The first-order chi connectivity index (χ1) is 13.5. The molecule has 0 saturated heterocycles. The largest absolute Gasteiger partial charge is 0.459 e. The van der Waals surface area contributed by atoms with Gasteiger partial charge < -0.3 is 34.1 Å². The van der Waals surface area contributed by atoms with Crippen molar-refractivity contribution in [1.82, 2.24) is 5.32 Å². The predicted molar refractivity (Wildman–Crippen MR) is 105 cm³/mol. The molecule has 0 unspecified atom stereocenters. The van der Waals surface area contributed by atoms with Crippen LogP contribution < -0.4 is 5.32 Å². The topological polar surface area (TPSA) is 95.5 Å². The first kappa shape index (κ1) is 24.8. The number of aliphatic hydroxyl groups is 1. The van der Waals surface area contributed by atoms with E-state index < -0.39 is 6.29 Å². The van der Waals surface area contributed by atoms with E-state index in [9.17, 15) is 4.79 Å². The van der Waals surface area contributed by atoms with Gasteiger partial charge >= 0.3 is 0 Å². The van der Waals surface area contributed by atoms with Gasteiger partial charge in [-0.3, -0.25) is 4.79 Å². The summed E-state index contributed by atoms with van der Waals surface area (Å²) in [4.78, 5) is 12.4. The highest BCUT2D eigenvalue weighted by molar-refractivity contribution is 5.91. The molecule has 0 radical (unpaired) electrons. The lowest BCUT2D eigenvalue weighted by Crippen LogP contribution is -2.42. The van der Waals surface area contributed by atoms with Crippen molar-refractivity contribution >= 4 is 5.91 Å². The van der Waals surface area contributed by atoms with Gasteiger partial charge in [0.15, 0.2) is 5.76 Å². The third-order valence-corrected chi connectivity index (χ3v) is 4.55. The SMILES string of the molecule is CCO[C@H]1OC(C(=O)NCCOC)=C[C@@H](C(C)C)[C@@H]1CCOCCOCCO. The predicted octanol–water partition coefficient (Wildman–Crippen LogP) is 1.33. The Hall–Kier alpha value is -1.19. The highest BCUT2D eigenvalue weighted by Gasteiger charge is 2.38. The van der Waals surface area contributed by atoms with Crippen molar-refractivity contribution in [2.45, 2.75) is 33.5 Å². The van der Waals surface area contributed by atoms with Crippen LogP contribution in [-0.2, 0) is 28.5 Å². The Morgan fingerprint density at radius 3 is 2.54 bits per heavy atom. The lowest BCUT2D eigenvalue weighted by Gasteiger charge is -2.38. The molecule has 0 aliphatic carbocycles. The number of ether oxygens (including phenoxy) is 5. The second-order valence-corrected chi connectivity index (χ2v) is 6.94. The number of amides is 1. The van der Waals surface area contributed by atoms with Crippen LogP contribution in [0.3, 0.4) is 0 Å². The average molecular weight is 404 g/mol. The number of rotatable bonds is 15. The van der Waals surface area contributed by atoms with Crippen molar-refractivity contribution in [2.75, 3.05) is 59.9 Å². The molecule has 3 atom stereocenters. The Morgan fingerprint density at radius 1 is 1.21 bits per heavy atom. The van der Waals surface area contributed by atoms with E-state index in [1.54, 1.807) is 7.11 Å². The van der Waals surface area contributed by atoms with E-state index in [0.717, 1.165) is 6.42 Å². The molecule has 0 spiro atoms. The number of aliphatic hydroxyl groups excluding tert-OH is 1. The number of hydrogen-bond acceptors (Lipinski definition) is 7. The van der Waals surface area contributed by atoms with Crippen molar-refractivity contribution < 1.29 is 33.6 Å². The first-order valence-corrected chi connectivity index (χ1v) is 10.1. The molecule has 1 rings (SSSR count). The highest BCUT2D eigenvalue weighted by atomic mass is 16.7. The lowest BCUT2D eigenvalue weighted by atomic mass is 9.79. The Kier molecular flexibility index (Phi) is 13.1. The summed E-state index contributed by atoms with van der Waals surface area (Å²) >= 11 is 0. The van der Waals surface area contributed by atoms with Gasteiger partial charge in [-0.15, -0.1) is 0 Å². The molecule has 1 heterocycles. The number of nitrogens with one attached hydrogen (secondary N) is 1. The van der Waals surface area contributed by atoms with Gasteiger partial charge in [0.25, 0.3) is 5.91 Å². The van der Waals surface area contributed by atoms with Gasteiger partial charge in [-0.05, 0) is 31.3 Å². The van der Waals surface area contributed by atoms with Crippen LogP contribution in [0.1, 0.15) is 27.2 Å². The maximum Gasteiger partial charge on any atom is 0.286 e. The summed E-state index contributed by atoms with van der Waals surface area (Å²) in [6, 6.07) is 0. The fourth-order valence-corrected chi connectivity index (χ4v) is 3.16. The Labute approximate surface area is 168 Å². The summed E-state index contributed by atoms with van der Waals surface area (Å²) in [5.74, 6) is 0.619. The quantitative estimate of drug-likeness (QED) is 0.398. The zero-order chi connectivity index (χ0) is 20.8. The molecule has 0 saturated carbocycles. The van der Waals surface area contributed by atoms with Gasteiger partial charge in [-0.25, -0.2) is 0 Å². The molecule has 164 valence electrons. The minimum absolute atomic E-state index is 0.0131. The fourth-order valence-electron chi connectivity index (χ4n) is 3.16. The summed E-state index contributed by atoms with van der Waals surface area (Å²) in [5, 5.41) is 11.5. The Bertz CT molecular complexity index is 456. The molecule has 0 aromatic heterocycles. The van der Waals surface area contributed by atoms with Crippen molar-refractivity contribution in [3.8, 4) is 0 Å². The van der Waals surface area contributed by atoms with Crippen molar-refractivity contribution in [3.05, 3.63) is 11.8 Å². The second kappa shape index (κ2) is 14.8. The Balaban J connectivity index is 2.68. The van der Waals surface area contributed by atoms with Crippen LogP contribution in [0, 0.1) is 17.8 Å². The maximum absolute atomic E-state index is 12.4. The third kappa shape index (κ3) is 8.87. The number of carbonyl (C=O) groups is 1. The standard InChI is InChI=1S/C20H37NO7/c1-5-27-20-16(6-9-25-12-13-26-11-8-22)17(15(2)3)14-18(28-20)19(23)21-7-10-24-4/h14-17,20,22H,5-13H2,1-4H3,(H,21,23)/t16-,17-,20-/m0/s1. The van der Waals surface area contributed by atoms with E-state index in [2.05, 4.69) is 19.2 Å². The number of allylic oxidation sites excluding steroid dienone is 1. The normalized spacial score (nSPS) is 22.1. The summed E-state index contributed by atoms with van der Waals surface area (Å²) in [5.41, 5.74) is 0. The smallest absolute Gasteiger partial charge is 0.286 e. The van der Waals surface area contributed by atoms with Gasteiger partial charge in [0.1, 0.15) is 0 Å². The van der Waals surface area contributed by atoms with Crippen molar-refractivity contribution in [1.29, 1.82) is 0 Å². The molecule has 2 N–H and O–H groups in total. The number of hydrogen-bond donors (Lipinski definition) is 2. The molecule has 1 aliphatic rings. The van der Waals surface area contributed by atoms with E-state index in [1.165, 1.54) is 0 Å². The molecule has 0 bridgehead atoms. The van der Waals surface area contributed by atoms with Gasteiger partial charge in [0.2, 0.25) is 6.29 Å². The number of methoxy groups -OCH3 is 1. The Morgan fingerprint density at radius 2 is 1.93 bits per heavy atom. The van der Waals surface area contributed by atoms with Gasteiger partial charge in [-0.2, -0.15) is 0 Å². The summed E-state index contributed by atoms with van der Waals surface area (Å²) < 4.78 is 27.5. The average Bonchev–Trinajstić information content (AvgIpc) is 2.68. The molecule has 8 nitrogen and oxygen atoms in total. The van der Waals surface area contributed by atoms with Crippen molar-refractivity contribution in [3.63, 3.8) is 0 Å². The highest BCUT2D eigenvalue weighted by Crippen LogP contribution is 2.36. The van der Waals surface area contributed by atoms with Gasteiger partial charge in [0.05, 0.1) is 33.0 Å². The van der Waals surface area contributed by atoms with E-state index in [-0.39, 0.29) is 24.3 Å². The molecule has 1 amide bonds.